The van der Waals surface area contributed by atoms with Crippen LogP contribution >= 0.6 is 0 Å². The van der Waals surface area contributed by atoms with Crippen LogP contribution in [0.4, 0.5) is 0 Å². The van der Waals surface area contributed by atoms with Crippen molar-refractivity contribution in [2.75, 3.05) is 39.3 Å². The van der Waals surface area contributed by atoms with Gasteiger partial charge in [-0.3, -0.25) is 4.90 Å². The quantitative estimate of drug-likeness (QED) is 0.831. The Balaban J connectivity index is 1.92. The molecular weight excluding hydrogens is 222 g/mol. The number of hydrogen-bond donors (Lipinski definition) is 1. The zero-order valence-corrected chi connectivity index (χ0v) is 12.3. The summed E-state index contributed by atoms with van der Waals surface area (Å²) in [6, 6.07) is 0. The molecule has 106 valence electrons. The van der Waals surface area contributed by atoms with Gasteiger partial charge in [0.05, 0.1) is 0 Å². The van der Waals surface area contributed by atoms with E-state index in [4.69, 9.17) is 5.73 Å². The first-order valence-electron chi connectivity index (χ1n) is 7.91. The maximum atomic E-state index is 6.17. The molecule has 1 saturated heterocycles. The second kappa shape index (κ2) is 6.36. The number of likely N-dealkylation sites (N-methyl/N-ethyl adjacent to an activating group) is 1. The van der Waals surface area contributed by atoms with Crippen molar-refractivity contribution in [3.63, 3.8) is 0 Å². The van der Waals surface area contributed by atoms with Crippen LogP contribution in [0.1, 0.15) is 46.0 Å². The van der Waals surface area contributed by atoms with Crippen LogP contribution in [0, 0.1) is 5.92 Å². The molecule has 0 radical (unpaired) electrons. The van der Waals surface area contributed by atoms with E-state index in [0.717, 1.165) is 12.5 Å². The minimum atomic E-state index is 0.339. The predicted octanol–water partition coefficient (Wildman–Crippen LogP) is 1.92. The van der Waals surface area contributed by atoms with Crippen LogP contribution in [0.15, 0.2) is 0 Å². The highest BCUT2D eigenvalue weighted by molar-refractivity contribution is 4.97. The molecule has 3 heteroatoms. The lowest BCUT2D eigenvalue weighted by atomic mass is 9.74. The molecular formula is C15H31N3. The van der Waals surface area contributed by atoms with Gasteiger partial charge in [-0.25, -0.2) is 0 Å². The van der Waals surface area contributed by atoms with Crippen molar-refractivity contribution in [3.05, 3.63) is 0 Å². The number of nitrogens with zero attached hydrogens (tertiary/aromatic N) is 2. The summed E-state index contributed by atoms with van der Waals surface area (Å²) in [5, 5.41) is 0. The molecule has 0 spiro atoms. The zero-order chi connectivity index (χ0) is 13.0. The SMILES string of the molecule is CCC1CCC(CN)(N2CCN(CC)CC2)CC1. The molecule has 0 aromatic heterocycles. The summed E-state index contributed by atoms with van der Waals surface area (Å²) in [6.45, 7) is 11.6. The first kappa shape index (κ1) is 14.3. The van der Waals surface area contributed by atoms with Gasteiger partial charge in [0, 0.05) is 38.3 Å². The van der Waals surface area contributed by atoms with E-state index in [1.807, 2.05) is 0 Å². The van der Waals surface area contributed by atoms with Crippen LogP contribution in [0.3, 0.4) is 0 Å². The van der Waals surface area contributed by atoms with Gasteiger partial charge in [-0.2, -0.15) is 0 Å². The molecule has 1 aliphatic carbocycles. The third kappa shape index (κ3) is 2.89. The molecule has 0 unspecified atom stereocenters. The minimum Gasteiger partial charge on any atom is -0.329 e. The molecule has 2 aliphatic rings. The molecule has 0 aromatic rings. The molecule has 3 nitrogen and oxygen atoms in total. The first-order valence-corrected chi connectivity index (χ1v) is 7.91. The Morgan fingerprint density at radius 3 is 2.11 bits per heavy atom. The first-order chi connectivity index (χ1) is 8.74. The van der Waals surface area contributed by atoms with Crippen LogP contribution in [0.2, 0.25) is 0 Å². The molecule has 1 heterocycles. The molecule has 1 aliphatic heterocycles. The lowest BCUT2D eigenvalue weighted by Crippen LogP contribution is -2.61. The molecule has 0 aromatic carbocycles. The van der Waals surface area contributed by atoms with Gasteiger partial charge in [0.15, 0.2) is 0 Å². The third-order valence-corrected chi connectivity index (χ3v) is 5.48. The lowest BCUT2D eigenvalue weighted by molar-refractivity contribution is 0.00450. The van der Waals surface area contributed by atoms with E-state index in [0.29, 0.717) is 5.54 Å². The van der Waals surface area contributed by atoms with Crippen LogP contribution in [-0.2, 0) is 0 Å². The zero-order valence-electron chi connectivity index (χ0n) is 12.3. The van der Waals surface area contributed by atoms with Crippen molar-refractivity contribution in [1.82, 2.24) is 9.80 Å². The van der Waals surface area contributed by atoms with Gasteiger partial charge in [-0.15, -0.1) is 0 Å². The summed E-state index contributed by atoms with van der Waals surface area (Å²) >= 11 is 0. The van der Waals surface area contributed by atoms with Crippen LogP contribution in [-0.4, -0.2) is 54.6 Å². The van der Waals surface area contributed by atoms with Crippen molar-refractivity contribution in [3.8, 4) is 0 Å². The maximum absolute atomic E-state index is 6.17. The Bertz CT molecular complexity index is 238. The Morgan fingerprint density at radius 2 is 1.67 bits per heavy atom. The van der Waals surface area contributed by atoms with Gasteiger partial charge in [-0.05, 0) is 38.1 Å². The van der Waals surface area contributed by atoms with Crippen LogP contribution in [0.5, 0.6) is 0 Å². The van der Waals surface area contributed by atoms with Gasteiger partial charge < -0.3 is 10.6 Å². The van der Waals surface area contributed by atoms with E-state index in [1.165, 1.54) is 64.8 Å². The fraction of sp³-hybridized carbons (Fsp3) is 1.00. The average molecular weight is 253 g/mol. The van der Waals surface area contributed by atoms with E-state index in [-0.39, 0.29) is 0 Å². The molecule has 1 saturated carbocycles. The average Bonchev–Trinajstić information content (AvgIpc) is 2.47. The van der Waals surface area contributed by atoms with Crippen molar-refractivity contribution in [1.29, 1.82) is 0 Å². The minimum absolute atomic E-state index is 0.339. The Kier molecular flexibility index (Phi) is 5.05. The molecule has 2 fully saturated rings. The summed E-state index contributed by atoms with van der Waals surface area (Å²) in [7, 11) is 0. The van der Waals surface area contributed by atoms with Crippen molar-refractivity contribution >= 4 is 0 Å². The fourth-order valence-electron chi connectivity index (χ4n) is 3.81. The standard InChI is InChI=1S/C15H31N3/c1-3-14-5-7-15(13-16,8-6-14)18-11-9-17(4-2)10-12-18/h14H,3-13,16H2,1-2H3. The van der Waals surface area contributed by atoms with E-state index in [9.17, 15) is 0 Å². The molecule has 2 rings (SSSR count). The topological polar surface area (TPSA) is 32.5 Å². The molecule has 0 atom stereocenters. The molecule has 0 amide bonds. The number of rotatable bonds is 4. The molecule has 0 bridgehead atoms. The van der Waals surface area contributed by atoms with Gasteiger partial charge in [-0.1, -0.05) is 20.3 Å². The van der Waals surface area contributed by atoms with E-state index in [1.54, 1.807) is 0 Å². The van der Waals surface area contributed by atoms with E-state index >= 15 is 0 Å². The Labute approximate surface area is 113 Å². The second-order valence-electron chi connectivity index (χ2n) is 6.20. The van der Waals surface area contributed by atoms with Crippen molar-refractivity contribution in [2.24, 2.45) is 11.7 Å². The Hall–Kier alpha value is -0.120. The second-order valence-corrected chi connectivity index (χ2v) is 6.20. The monoisotopic (exact) mass is 253 g/mol. The normalized spacial score (nSPS) is 35.8. The van der Waals surface area contributed by atoms with E-state index < -0.39 is 0 Å². The fourth-order valence-corrected chi connectivity index (χ4v) is 3.81. The predicted molar refractivity (Wildman–Crippen MR) is 77.7 cm³/mol. The van der Waals surface area contributed by atoms with Crippen LogP contribution < -0.4 is 5.73 Å². The number of piperazine rings is 1. The largest absolute Gasteiger partial charge is 0.329 e. The van der Waals surface area contributed by atoms with Gasteiger partial charge in [0.1, 0.15) is 0 Å². The van der Waals surface area contributed by atoms with Crippen molar-refractivity contribution < 1.29 is 0 Å². The smallest absolute Gasteiger partial charge is 0.0333 e. The summed E-state index contributed by atoms with van der Waals surface area (Å²) in [5.74, 6) is 0.960. The summed E-state index contributed by atoms with van der Waals surface area (Å²) < 4.78 is 0. The highest BCUT2D eigenvalue weighted by Crippen LogP contribution is 2.37. The van der Waals surface area contributed by atoms with Gasteiger partial charge in [0.25, 0.3) is 0 Å². The van der Waals surface area contributed by atoms with Crippen LogP contribution in [0.25, 0.3) is 0 Å². The Morgan fingerprint density at radius 1 is 1.06 bits per heavy atom. The van der Waals surface area contributed by atoms with E-state index in [2.05, 4.69) is 23.6 Å². The van der Waals surface area contributed by atoms with Crippen molar-refractivity contribution in [2.45, 2.75) is 51.5 Å². The van der Waals surface area contributed by atoms with Gasteiger partial charge in [0.2, 0.25) is 0 Å². The third-order valence-electron chi connectivity index (χ3n) is 5.48. The summed E-state index contributed by atoms with van der Waals surface area (Å²) in [5.41, 5.74) is 6.51. The van der Waals surface area contributed by atoms with Gasteiger partial charge >= 0.3 is 0 Å². The summed E-state index contributed by atoms with van der Waals surface area (Å²) in [4.78, 5) is 5.27. The highest BCUT2D eigenvalue weighted by atomic mass is 15.3. The molecule has 18 heavy (non-hydrogen) atoms. The highest BCUT2D eigenvalue weighted by Gasteiger charge is 2.39. The molecule has 2 N–H and O–H groups in total. The lowest BCUT2D eigenvalue weighted by Gasteiger charge is -2.50. The summed E-state index contributed by atoms with van der Waals surface area (Å²) in [6.07, 6.45) is 6.79. The number of hydrogen-bond acceptors (Lipinski definition) is 3. The number of nitrogens with two attached hydrogens (primary N) is 1. The maximum Gasteiger partial charge on any atom is 0.0333 e.